The lowest BCUT2D eigenvalue weighted by Crippen LogP contribution is -2.43. The van der Waals surface area contributed by atoms with Gasteiger partial charge in [-0.15, -0.1) is 0 Å². The largest absolute Gasteiger partial charge is 0.367 e. The molecule has 0 atom stereocenters. The Hall–Kier alpha value is -3.23. The van der Waals surface area contributed by atoms with Crippen LogP contribution in [0.5, 0.6) is 0 Å². The number of piperazine rings is 1. The summed E-state index contributed by atoms with van der Waals surface area (Å²) in [5.74, 6) is -0.287. The Bertz CT molecular complexity index is 1260. The Kier molecular flexibility index (Phi) is 4.72. The first kappa shape index (κ1) is 18.8. The van der Waals surface area contributed by atoms with Crippen LogP contribution in [0, 0.1) is 6.92 Å². The van der Waals surface area contributed by atoms with Crippen molar-refractivity contribution in [3.63, 3.8) is 0 Å². The van der Waals surface area contributed by atoms with E-state index in [0.29, 0.717) is 21.9 Å². The first-order valence-electron chi connectivity index (χ1n) is 9.77. The van der Waals surface area contributed by atoms with E-state index in [0.717, 1.165) is 48.7 Å². The maximum Gasteiger partial charge on any atom is 0.258 e. The number of aromatic nitrogens is 4. The van der Waals surface area contributed by atoms with Gasteiger partial charge in [0.2, 0.25) is 0 Å². The molecule has 0 unspecified atom stereocenters. The summed E-state index contributed by atoms with van der Waals surface area (Å²) < 4.78 is 1.75. The minimum Gasteiger partial charge on any atom is -0.367 e. The maximum atomic E-state index is 13.1. The van der Waals surface area contributed by atoms with E-state index in [1.165, 1.54) is 0 Å². The standard InChI is InChI=1S/C21H20ClN7O/c1-13-12-29-17(26-13)5-3-15(20(29)22)27-21(30)14-2-4-16(28-10-8-23-9-11-28)19-18(14)24-6-7-25-19/h2-7,12,23H,8-11H2,1H3,(H,27,30). The average Bonchev–Trinajstić information content (AvgIpc) is 3.16. The molecule has 152 valence electrons. The summed E-state index contributed by atoms with van der Waals surface area (Å²) in [5, 5.41) is 6.65. The molecule has 3 aromatic heterocycles. The van der Waals surface area contributed by atoms with Gasteiger partial charge in [0.15, 0.2) is 0 Å². The van der Waals surface area contributed by atoms with Gasteiger partial charge in [0.1, 0.15) is 21.8 Å². The number of benzene rings is 1. The van der Waals surface area contributed by atoms with E-state index in [1.54, 1.807) is 28.9 Å². The van der Waals surface area contributed by atoms with Crippen molar-refractivity contribution in [3.05, 3.63) is 59.3 Å². The van der Waals surface area contributed by atoms with Gasteiger partial charge in [-0.25, -0.2) is 4.98 Å². The van der Waals surface area contributed by atoms with Crippen LogP contribution in [0.2, 0.25) is 5.15 Å². The summed E-state index contributed by atoms with van der Waals surface area (Å²) in [6.45, 7) is 5.50. The molecular formula is C21H20ClN7O. The number of halogens is 1. The highest BCUT2D eigenvalue weighted by Gasteiger charge is 2.20. The molecule has 0 aliphatic carbocycles. The van der Waals surface area contributed by atoms with Gasteiger partial charge in [0.05, 0.1) is 22.6 Å². The summed E-state index contributed by atoms with van der Waals surface area (Å²) in [6, 6.07) is 7.32. The molecule has 0 radical (unpaired) electrons. The van der Waals surface area contributed by atoms with E-state index in [4.69, 9.17) is 11.6 Å². The first-order chi connectivity index (χ1) is 14.6. The van der Waals surface area contributed by atoms with Crippen LogP contribution in [-0.4, -0.2) is 51.4 Å². The molecule has 0 bridgehead atoms. The van der Waals surface area contributed by atoms with Crippen molar-refractivity contribution >= 4 is 45.6 Å². The lowest BCUT2D eigenvalue weighted by atomic mass is 10.1. The molecular weight excluding hydrogens is 402 g/mol. The molecule has 0 spiro atoms. The average molecular weight is 422 g/mol. The number of fused-ring (bicyclic) bond motifs is 2. The fraction of sp³-hybridized carbons (Fsp3) is 0.238. The van der Waals surface area contributed by atoms with Crippen molar-refractivity contribution < 1.29 is 4.79 Å². The molecule has 4 aromatic rings. The second-order valence-electron chi connectivity index (χ2n) is 7.23. The summed E-state index contributed by atoms with van der Waals surface area (Å²) in [5.41, 5.74) is 4.83. The number of carbonyl (C=O) groups is 1. The number of rotatable bonds is 3. The van der Waals surface area contributed by atoms with Crippen LogP contribution in [0.1, 0.15) is 16.1 Å². The highest BCUT2D eigenvalue weighted by molar-refractivity contribution is 6.33. The number of hydrogen-bond donors (Lipinski definition) is 2. The lowest BCUT2D eigenvalue weighted by molar-refractivity contribution is 0.102. The molecule has 2 N–H and O–H groups in total. The van der Waals surface area contributed by atoms with Gasteiger partial charge in [0.25, 0.3) is 5.91 Å². The second-order valence-corrected chi connectivity index (χ2v) is 7.58. The quantitative estimate of drug-likeness (QED) is 0.494. The van der Waals surface area contributed by atoms with Crippen molar-refractivity contribution in [1.82, 2.24) is 24.7 Å². The van der Waals surface area contributed by atoms with Crippen molar-refractivity contribution in [2.75, 3.05) is 36.4 Å². The molecule has 1 saturated heterocycles. The van der Waals surface area contributed by atoms with Crippen LogP contribution in [0.25, 0.3) is 16.7 Å². The number of amides is 1. The predicted octanol–water partition coefficient (Wildman–Crippen LogP) is 2.90. The highest BCUT2D eigenvalue weighted by Crippen LogP contribution is 2.29. The van der Waals surface area contributed by atoms with E-state index in [1.807, 2.05) is 25.3 Å². The molecule has 1 aliphatic rings. The smallest absolute Gasteiger partial charge is 0.258 e. The van der Waals surface area contributed by atoms with Crippen LogP contribution in [0.4, 0.5) is 11.4 Å². The normalized spacial score (nSPS) is 14.4. The number of nitrogens with zero attached hydrogens (tertiary/aromatic N) is 5. The summed E-state index contributed by atoms with van der Waals surface area (Å²) in [4.78, 5) is 28.8. The molecule has 0 saturated carbocycles. The Labute approximate surface area is 177 Å². The minimum absolute atomic E-state index is 0.287. The van der Waals surface area contributed by atoms with Crippen molar-refractivity contribution in [3.8, 4) is 0 Å². The number of carbonyl (C=O) groups excluding carboxylic acids is 1. The number of aryl methyl sites for hydroxylation is 1. The molecule has 1 aliphatic heterocycles. The Morgan fingerprint density at radius 1 is 1.10 bits per heavy atom. The number of nitrogens with one attached hydrogen (secondary N) is 2. The molecule has 5 rings (SSSR count). The van der Waals surface area contributed by atoms with E-state index < -0.39 is 0 Å². The van der Waals surface area contributed by atoms with Gasteiger partial charge in [-0.2, -0.15) is 0 Å². The van der Waals surface area contributed by atoms with Crippen LogP contribution in [0.15, 0.2) is 42.9 Å². The van der Waals surface area contributed by atoms with Gasteiger partial charge in [0, 0.05) is 44.8 Å². The van der Waals surface area contributed by atoms with Crippen LogP contribution >= 0.6 is 11.6 Å². The van der Waals surface area contributed by atoms with Gasteiger partial charge in [-0.3, -0.25) is 19.2 Å². The lowest BCUT2D eigenvalue weighted by Gasteiger charge is -2.30. The maximum absolute atomic E-state index is 13.1. The third-order valence-electron chi connectivity index (χ3n) is 5.24. The van der Waals surface area contributed by atoms with Crippen LogP contribution in [-0.2, 0) is 0 Å². The second kappa shape index (κ2) is 7.55. The Morgan fingerprint density at radius 3 is 2.67 bits per heavy atom. The first-order valence-corrected chi connectivity index (χ1v) is 10.1. The third kappa shape index (κ3) is 3.24. The summed E-state index contributed by atoms with van der Waals surface area (Å²) in [7, 11) is 0. The minimum atomic E-state index is -0.287. The number of pyridine rings is 1. The van der Waals surface area contributed by atoms with Gasteiger partial charge >= 0.3 is 0 Å². The van der Waals surface area contributed by atoms with E-state index >= 15 is 0 Å². The fourth-order valence-electron chi connectivity index (χ4n) is 3.82. The number of anilines is 2. The van der Waals surface area contributed by atoms with Crippen LogP contribution in [0.3, 0.4) is 0 Å². The number of imidazole rings is 1. The van der Waals surface area contributed by atoms with Crippen molar-refractivity contribution in [2.24, 2.45) is 0 Å². The van der Waals surface area contributed by atoms with E-state index in [2.05, 4.69) is 30.5 Å². The van der Waals surface area contributed by atoms with Gasteiger partial charge in [-0.1, -0.05) is 11.6 Å². The topological polar surface area (TPSA) is 87.5 Å². The zero-order valence-electron chi connectivity index (χ0n) is 16.4. The predicted molar refractivity (Wildman–Crippen MR) is 118 cm³/mol. The third-order valence-corrected chi connectivity index (χ3v) is 5.63. The molecule has 4 heterocycles. The van der Waals surface area contributed by atoms with Crippen molar-refractivity contribution in [1.29, 1.82) is 0 Å². The molecule has 1 fully saturated rings. The molecule has 1 amide bonds. The number of hydrogen-bond acceptors (Lipinski definition) is 6. The monoisotopic (exact) mass is 421 g/mol. The van der Waals surface area contributed by atoms with Crippen LogP contribution < -0.4 is 15.5 Å². The SMILES string of the molecule is Cc1cn2c(Cl)c(NC(=O)c3ccc(N4CCNCC4)c4nccnc34)ccc2n1. The van der Waals surface area contributed by atoms with Crippen molar-refractivity contribution in [2.45, 2.75) is 6.92 Å². The van der Waals surface area contributed by atoms with Gasteiger partial charge in [-0.05, 0) is 31.2 Å². The molecule has 1 aromatic carbocycles. The fourth-order valence-corrected chi connectivity index (χ4v) is 4.06. The van der Waals surface area contributed by atoms with Gasteiger partial charge < -0.3 is 15.5 Å². The molecule has 8 nitrogen and oxygen atoms in total. The zero-order chi connectivity index (χ0) is 20.7. The zero-order valence-corrected chi connectivity index (χ0v) is 17.1. The summed E-state index contributed by atoms with van der Waals surface area (Å²) >= 11 is 6.50. The Morgan fingerprint density at radius 2 is 1.87 bits per heavy atom. The highest BCUT2D eigenvalue weighted by atomic mass is 35.5. The molecule has 9 heteroatoms. The molecule has 30 heavy (non-hydrogen) atoms. The Balaban J connectivity index is 1.52. The van der Waals surface area contributed by atoms with E-state index in [-0.39, 0.29) is 5.91 Å². The summed E-state index contributed by atoms with van der Waals surface area (Å²) in [6.07, 6.45) is 5.09. The van der Waals surface area contributed by atoms with E-state index in [9.17, 15) is 4.79 Å².